The van der Waals surface area contributed by atoms with Crippen LogP contribution >= 0.6 is 0 Å². The minimum Gasteiger partial charge on any atom is -0.481 e. The zero-order valence-corrected chi connectivity index (χ0v) is 23.7. The van der Waals surface area contributed by atoms with Gasteiger partial charge >= 0.3 is 5.97 Å². The van der Waals surface area contributed by atoms with Gasteiger partial charge in [0.25, 0.3) is 0 Å². The number of carboxylic acids is 1. The zero-order valence-electron chi connectivity index (χ0n) is 23.7. The Labute approximate surface area is 231 Å². The largest absolute Gasteiger partial charge is 0.481 e. The van der Waals surface area contributed by atoms with Gasteiger partial charge in [0.15, 0.2) is 17.4 Å². The predicted molar refractivity (Wildman–Crippen MR) is 146 cm³/mol. The molecule has 3 heterocycles. The molecular weight excluding hydrogens is 500 g/mol. The molecule has 0 bridgehead atoms. The molecule has 3 unspecified atom stereocenters. The maximum absolute atomic E-state index is 13.7. The van der Waals surface area contributed by atoms with Crippen LogP contribution in [0.3, 0.4) is 0 Å². The van der Waals surface area contributed by atoms with E-state index in [1.54, 1.807) is 6.20 Å². The number of aliphatic carboxylic acids is 1. The van der Waals surface area contributed by atoms with E-state index in [1.165, 1.54) is 6.26 Å². The van der Waals surface area contributed by atoms with Gasteiger partial charge in [0.2, 0.25) is 12.7 Å². The van der Waals surface area contributed by atoms with Crippen LogP contribution in [-0.2, 0) is 16.0 Å². The minimum atomic E-state index is -0.865. The van der Waals surface area contributed by atoms with Crippen LogP contribution in [0.1, 0.15) is 50.0 Å². The van der Waals surface area contributed by atoms with Gasteiger partial charge in [-0.15, -0.1) is 0 Å². The summed E-state index contributed by atoms with van der Waals surface area (Å²) in [5.74, 6) is 0.0816. The quantitative estimate of drug-likeness (QED) is 0.362. The number of hydrogen-bond acceptors (Lipinski definition) is 7. The number of ether oxygens (including phenoxy) is 2. The molecule has 1 saturated heterocycles. The fraction of sp³-hybridized carbons (Fsp3) is 0.621. The number of hydrogen-bond donors (Lipinski definition) is 1. The summed E-state index contributed by atoms with van der Waals surface area (Å²) in [6, 6.07) is 5.31. The molecule has 3 atom stereocenters. The molecule has 0 aliphatic carbocycles. The van der Waals surface area contributed by atoms with Gasteiger partial charge in [0.1, 0.15) is 6.26 Å². The molecule has 4 rings (SSSR count). The van der Waals surface area contributed by atoms with Crippen molar-refractivity contribution in [2.75, 3.05) is 60.7 Å². The highest BCUT2D eigenvalue weighted by atomic mass is 16.7. The first-order chi connectivity index (χ1) is 18.7. The van der Waals surface area contributed by atoms with E-state index in [0.29, 0.717) is 43.3 Å². The number of amides is 1. The average Bonchev–Trinajstić information content (AvgIpc) is 3.63. The first kappa shape index (κ1) is 28.9. The highest BCUT2D eigenvalue weighted by Gasteiger charge is 2.47. The number of carbonyl (C=O) groups excluding carboxylic acids is 1. The van der Waals surface area contributed by atoms with Crippen LogP contribution in [0.25, 0.3) is 0 Å². The van der Waals surface area contributed by atoms with E-state index in [2.05, 4.69) is 38.0 Å². The van der Waals surface area contributed by atoms with Crippen molar-refractivity contribution in [2.45, 2.75) is 51.0 Å². The second-order valence-electron chi connectivity index (χ2n) is 11.6. The van der Waals surface area contributed by atoms with Gasteiger partial charge in [-0.25, -0.2) is 4.98 Å². The number of aryl methyl sites for hydroxylation is 1. The normalized spacial score (nSPS) is 20.9. The van der Waals surface area contributed by atoms with Crippen LogP contribution in [0.4, 0.5) is 0 Å². The lowest BCUT2D eigenvalue weighted by Gasteiger charge is -2.30. The van der Waals surface area contributed by atoms with Crippen molar-refractivity contribution < 1.29 is 33.1 Å². The molecule has 2 aliphatic rings. The molecule has 2 aliphatic heterocycles. The van der Waals surface area contributed by atoms with Gasteiger partial charge in [-0.05, 0) is 30.5 Å². The SMILES string of the molecule is CCCCN(CCC[N+](C)(C)C)C(=O)CN1CC(c2ccc3c(c2)OCO3)C(C(=O)O)C1CCc1ncco1. The van der Waals surface area contributed by atoms with E-state index in [0.717, 1.165) is 42.4 Å². The number of carbonyl (C=O) groups is 2. The van der Waals surface area contributed by atoms with Gasteiger partial charge < -0.3 is 28.4 Å². The summed E-state index contributed by atoms with van der Waals surface area (Å²) in [6.07, 6.45) is 7.03. The predicted octanol–water partition coefficient (Wildman–Crippen LogP) is 3.23. The number of fused-ring (bicyclic) bond motifs is 1. The average molecular weight is 544 g/mol. The van der Waals surface area contributed by atoms with Crippen molar-refractivity contribution >= 4 is 11.9 Å². The third kappa shape index (κ3) is 7.51. The highest BCUT2D eigenvalue weighted by Crippen LogP contribution is 2.43. The zero-order chi connectivity index (χ0) is 28.0. The molecule has 214 valence electrons. The molecule has 1 aromatic heterocycles. The number of nitrogens with zero attached hydrogens (tertiary/aromatic N) is 4. The fourth-order valence-electron chi connectivity index (χ4n) is 5.70. The van der Waals surface area contributed by atoms with Crippen molar-refractivity contribution in [1.29, 1.82) is 0 Å². The standard InChI is InChI=1S/C29H42N4O6/c1-5-6-13-31(14-7-15-33(2,3)4)27(34)19-32-18-22(21-8-10-24-25(17-21)39-20-38-24)28(29(35)36)23(32)9-11-26-30-12-16-37-26/h8,10,12,16-17,22-23,28H,5-7,9,11,13-15,18-20H2,1-4H3/p+1. The van der Waals surface area contributed by atoms with Gasteiger partial charge in [-0.1, -0.05) is 19.4 Å². The molecule has 0 saturated carbocycles. The van der Waals surface area contributed by atoms with Crippen molar-refractivity contribution in [3.63, 3.8) is 0 Å². The molecule has 2 aromatic rings. The molecule has 39 heavy (non-hydrogen) atoms. The van der Waals surface area contributed by atoms with E-state index < -0.39 is 11.9 Å². The molecule has 1 N–H and O–H groups in total. The van der Waals surface area contributed by atoms with Crippen molar-refractivity contribution in [2.24, 2.45) is 5.92 Å². The third-order valence-corrected chi connectivity index (χ3v) is 7.73. The third-order valence-electron chi connectivity index (χ3n) is 7.73. The molecule has 0 spiro atoms. The van der Waals surface area contributed by atoms with E-state index in [-0.39, 0.29) is 31.2 Å². The Balaban J connectivity index is 1.55. The molecule has 10 nitrogen and oxygen atoms in total. The second-order valence-corrected chi connectivity index (χ2v) is 11.6. The highest BCUT2D eigenvalue weighted by molar-refractivity contribution is 5.79. The lowest BCUT2D eigenvalue weighted by Crippen LogP contribution is -2.45. The van der Waals surface area contributed by atoms with E-state index in [9.17, 15) is 14.7 Å². The van der Waals surface area contributed by atoms with Crippen LogP contribution in [-0.4, -0.2) is 103 Å². The Morgan fingerprint density at radius 3 is 2.62 bits per heavy atom. The smallest absolute Gasteiger partial charge is 0.308 e. The van der Waals surface area contributed by atoms with Crippen LogP contribution in [0.2, 0.25) is 0 Å². The Morgan fingerprint density at radius 2 is 1.92 bits per heavy atom. The number of aromatic nitrogens is 1. The number of oxazole rings is 1. The summed E-state index contributed by atoms with van der Waals surface area (Å²) in [5.41, 5.74) is 0.883. The minimum absolute atomic E-state index is 0.0569. The summed E-state index contributed by atoms with van der Waals surface area (Å²) < 4.78 is 17.3. The van der Waals surface area contributed by atoms with E-state index in [1.807, 2.05) is 23.1 Å². The summed E-state index contributed by atoms with van der Waals surface area (Å²) in [4.78, 5) is 34.6. The van der Waals surface area contributed by atoms with Gasteiger partial charge in [-0.3, -0.25) is 14.5 Å². The number of benzene rings is 1. The molecular formula is C29H43N4O6+. The van der Waals surface area contributed by atoms with E-state index >= 15 is 0 Å². The summed E-state index contributed by atoms with van der Waals surface area (Å²) in [7, 11) is 6.47. The molecule has 10 heteroatoms. The fourth-order valence-corrected chi connectivity index (χ4v) is 5.70. The summed E-state index contributed by atoms with van der Waals surface area (Å²) in [6.45, 7) is 5.35. The summed E-state index contributed by atoms with van der Waals surface area (Å²) in [5, 5.41) is 10.4. The maximum atomic E-state index is 13.7. The number of unbranched alkanes of at least 4 members (excludes halogenated alkanes) is 1. The van der Waals surface area contributed by atoms with Crippen LogP contribution in [0.15, 0.2) is 35.1 Å². The molecule has 1 amide bonds. The molecule has 1 fully saturated rings. The number of quaternary nitrogens is 1. The van der Waals surface area contributed by atoms with Gasteiger partial charge in [0.05, 0.1) is 46.3 Å². The maximum Gasteiger partial charge on any atom is 0.308 e. The molecule has 1 aromatic carbocycles. The summed E-state index contributed by atoms with van der Waals surface area (Å²) >= 11 is 0. The van der Waals surface area contributed by atoms with Gasteiger partial charge in [0, 0.05) is 44.4 Å². The Hall–Kier alpha value is -3.11. The topological polar surface area (TPSA) is 105 Å². The van der Waals surface area contributed by atoms with Gasteiger partial charge in [-0.2, -0.15) is 0 Å². The Morgan fingerprint density at radius 1 is 1.15 bits per heavy atom. The first-order valence-corrected chi connectivity index (χ1v) is 14.0. The number of carboxylic acid groups (broad SMARTS) is 1. The van der Waals surface area contributed by atoms with Crippen molar-refractivity contribution in [3.05, 3.63) is 42.1 Å². The van der Waals surface area contributed by atoms with Crippen LogP contribution < -0.4 is 9.47 Å². The lowest BCUT2D eigenvalue weighted by atomic mass is 9.83. The Bertz CT molecular complexity index is 1100. The van der Waals surface area contributed by atoms with Crippen molar-refractivity contribution in [1.82, 2.24) is 14.8 Å². The monoisotopic (exact) mass is 543 g/mol. The first-order valence-electron chi connectivity index (χ1n) is 14.0. The van der Waals surface area contributed by atoms with Crippen molar-refractivity contribution in [3.8, 4) is 11.5 Å². The Kier molecular flexibility index (Phi) is 9.50. The second kappa shape index (κ2) is 12.8. The molecule has 0 radical (unpaired) electrons. The number of rotatable bonds is 14. The van der Waals surface area contributed by atoms with E-state index in [4.69, 9.17) is 13.9 Å². The number of likely N-dealkylation sites (tertiary alicyclic amines) is 1. The van der Waals surface area contributed by atoms with Crippen LogP contribution in [0.5, 0.6) is 11.5 Å². The van der Waals surface area contributed by atoms with Crippen LogP contribution in [0, 0.1) is 5.92 Å². The lowest BCUT2D eigenvalue weighted by molar-refractivity contribution is -0.870.